The van der Waals surface area contributed by atoms with E-state index < -0.39 is 23.8 Å². The number of amides is 1. The molecule has 120 valence electrons. The van der Waals surface area contributed by atoms with Crippen LogP contribution in [0.3, 0.4) is 0 Å². The van der Waals surface area contributed by atoms with Gasteiger partial charge in [-0.2, -0.15) is 0 Å². The van der Waals surface area contributed by atoms with Crippen molar-refractivity contribution < 1.29 is 23.5 Å². The number of piperidine rings is 1. The van der Waals surface area contributed by atoms with Crippen LogP contribution in [0.2, 0.25) is 0 Å². The molecule has 1 aliphatic heterocycles. The van der Waals surface area contributed by atoms with E-state index in [1.54, 1.807) is 13.0 Å². The highest BCUT2D eigenvalue weighted by atomic mass is 79.9. The summed E-state index contributed by atoms with van der Waals surface area (Å²) >= 11 is 3.14. The maximum Gasteiger partial charge on any atom is 0.409 e. The maximum atomic E-state index is 13.7. The monoisotopic (exact) mass is 373 g/mol. The molecule has 5 nitrogen and oxygen atoms in total. The van der Waals surface area contributed by atoms with Gasteiger partial charge in [0.25, 0.3) is 0 Å². The second kappa shape index (κ2) is 7.58. The molecule has 0 bridgehead atoms. The van der Waals surface area contributed by atoms with Crippen LogP contribution in [0.1, 0.15) is 19.8 Å². The van der Waals surface area contributed by atoms with Gasteiger partial charge in [0, 0.05) is 17.6 Å². The summed E-state index contributed by atoms with van der Waals surface area (Å²) in [4.78, 5) is 25.3. The molecule has 0 saturated carbocycles. The minimum absolute atomic E-state index is 0.110. The topological polar surface area (TPSA) is 55.8 Å². The Labute approximate surface area is 136 Å². The first kappa shape index (κ1) is 16.7. The van der Waals surface area contributed by atoms with Crippen molar-refractivity contribution in [2.45, 2.75) is 19.8 Å². The number of carbonyl (C=O) groups excluding carboxylic acids is 2. The van der Waals surface area contributed by atoms with E-state index in [2.05, 4.69) is 15.9 Å². The summed E-state index contributed by atoms with van der Waals surface area (Å²) < 4.78 is 24.3. The van der Waals surface area contributed by atoms with E-state index >= 15 is 0 Å². The number of hydrogen-bond acceptors (Lipinski definition) is 4. The van der Waals surface area contributed by atoms with E-state index in [0.29, 0.717) is 23.9 Å². The van der Waals surface area contributed by atoms with Crippen LogP contribution in [0.5, 0.6) is 5.75 Å². The average molecular weight is 374 g/mol. The Morgan fingerprint density at radius 2 is 2.23 bits per heavy atom. The first-order chi connectivity index (χ1) is 10.5. The summed E-state index contributed by atoms with van der Waals surface area (Å²) in [5.41, 5.74) is 0. The Morgan fingerprint density at radius 3 is 2.91 bits per heavy atom. The van der Waals surface area contributed by atoms with Crippen LogP contribution in [-0.4, -0.2) is 36.7 Å². The molecule has 1 amide bonds. The maximum absolute atomic E-state index is 13.7. The van der Waals surface area contributed by atoms with Gasteiger partial charge >= 0.3 is 12.1 Å². The van der Waals surface area contributed by atoms with Gasteiger partial charge in [-0.1, -0.05) is 15.9 Å². The molecule has 1 fully saturated rings. The van der Waals surface area contributed by atoms with E-state index in [1.165, 1.54) is 17.0 Å². The third-order valence-corrected chi connectivity index (χ3v) is 3.88. The van der Waals surface area contributed by atoms with E-state index in [4.69, 9.17) is 9.47 Å². The number of benzene rings is 1. The number of halogens is 2. The lowest BCUT2D eigenvalue weighted by Gasteiger charge is -2.30. The van der Waals surface area contributed by atoms with Gasteiger partial charge < -0.3 is 14.4 Å². The molecular weight excluding hydrogens is 357 g/mol. The number of nitrogens with zero attached hydrogens (tertiary/aromatic N) is 1. The molecule has 1 saturated heterocycles. The van der Waals surface area contributed by atoms with Crippen molar-refractivity contribution in [2.24, 2.45) is 5.92 Å². The molecular formula is C15H17BrFNO4. The summed E-state index contributed by atoms with van der Waals surface area (Å²) in [5.74, 6) is -1.72. The van der Waals surface area contributed by atoms with Gasteiger partial charge in [-0.25, -0.2) is 9.18 Å². The molecule has 1 heterocycles. The molecule has 22 heavy (non-hydrogen) atoms. The fraction of sp³-hybridized carbons (Fsp3) is 0.467. The molecule has 2 rings (SSSR count). The summed E-state index contributed by atoms with van der Waals surface area (Å²) in [5, 5.41) is 0. The van der Waals surface area contributed by atoms with Crippen LogP contribution in [0.4, 0.5) is 9.18 Å². The average Bonchev–Trinajstić information content (AvgIpc) is 2.50. The zero-order valence-corrected chi connectivity index (χ0v) is 13.8. The number of esters is 1. The standard InChI is InChI=1S/C15H17BrFNO4/c1-2-21-15(20)18-7-3-4-10(9-18)14(19)22-13-6-5-11(16)8-12(13)17/h5-6,8,10H,2-4,7,9H2,1H3. The van der Waals surface area contributed by atoms with E-state index in [9.17, 15) is 14.0 Å². The highest BCUT2D eigenvalue weighted by Crippen LogP contribution is 2.24. The van der Waals surface area contributed by atoms with Crippen molar-refractivity contribution in [1.29, 1.82) is 0 Å². The van der Waals surface area contributed by atoms with Crippen LogP contribution in [0, 0.1) is 11.7 Å². The largest absolute Gasteiger partial charge is 0.450 e. The Kier molecular flexibility index (Phi) is 5.76. The zero-order valence-electron chi connectivity index (χ0n) is 12.2. The Balaban J connectivity index is 1.98. The summed E-state index contributed by atoms with van der Waals surface area (Å²) in [6.45, 7) is 2.80. The van der Waals surface area contributed by atoms with Gasteiger partial charge in [0.2, 0.25) is 0 Å². The lowest BCUT2D eigenvalue weighted by molar-refractivity contribution is -0.140. The second-order valence-electron chi connectivity index (χ2n) is 4.98. The third-order valence-electron chi connectivity index (χ3n) is 3.39. The minimum atomic E-state index is -0.610. The molecule has 0 radical (unpaired) electrons. The normalized spacial score (nSPS) is 18.0. The van der Waals surface area contributed by atoms with Gasteiger partial charge in [-0.05, 0) is 38.0 Å². The number of ether oxygens (including phenoxy) is 2. The predicted octanol–water partition coefficient (Wildman–Crippen LogP) is 3.36. The fourth-order valence-electron chi connectivity index (χ4n) is 2.30. The molecule has 0 spiro atoms. The number of hydrogen-bond donors (Lipinski definition) is 0. The zero-order chi connectivity index (χ0) is 16.1. The van der Waals surface area contributed by atoms with Gasteiger partial charge in [0.15, 0.2) is 11.6 Å². The molecule has 1 atom stereocenters. The first-order valence-electron chi connectivity index (χ1n) is 7.09. The number of likely N-dealkylation sites (tertiary alicyclic amines) is 1. The van der Waals surface area contributed by atoms with Gasteiger partial charge in [0.1, 0.15) is 0 Å². The van der Waals surface area contributed by atoms with Crippen LogP contribution < -0.4 is 4.74 Å². The molecule has 0 aliphatic carbocycles. The van der Waals surface area contributed by atoms with Crippen LogP contribution in [0.25, 0.3) is 0 Å². The Morgan fingerprint density at radius 1 is 1.45 bits per heavy atom. The highest BCUT2D eigenvalue weighted by molar-refractivity contribution is 9.10. The van der Waals surface area contributed by atoms with Crippen molar-refractivity contribution in [3.05, 3.63) is 28.5 Å². The quantitative estimate of drug-likeness (QED) is 0.602. The van der Waals surface area contributed by atoms with E-state index in [-0.39, 0.29) is 18.9 Å². The highest BCUT2D eigenvalue weighted by Gasteiger charge is 2.30. The third kappa shape index (κ3) is 4.19. The number of carbonyl (C=O) groups is 2. The fourth-order valence-corrected chi connectivity index (χ4v) is 2.63. The van der Waals surface area contributed by atoms with Gasteiger partial charge in [-0.15, -0.1) is 0 Å². The molecule has 1 aliphatic rings. The van der Waals surface area contributed by atoms with E-state index in [0.717, 1.165) is 0 Å². The van der Waals surface area contributed by atoms with E-state index in [1.807, 2.05) is 0 Å². The molecule has 1 aromatic carbocycles. The predicted molar refractivity (Wildman–Crippen MR) is 81.1 cm³/mol. The van der Waals surface area contributed by atoms with Crippen LogP contribution in [0.15, 0.2) is 22.7 Å². The lowest BCUT2D eigenvalue weighted by atomic mass is 9.98. The van der Waals surface area contributed by atoms with Crippen LogP contribution >= 0.6 is 15.9 Å². The Bertz CT molecular complexity index is 566. The SMILES string of the molecule is CCOC(=O)N1CCCC(C(=O)Oc2ccc(Br)cc2F)C1. The second-order valence-corrected chi connectivity index (χ2v) is 5.90. The van der Waals surface area contributed by atoms with Gasteiger partial charge in [-0.3, -0.25) is 4.79 Å². The van der Waals surface area contributed by atoms with Crippen molar-refractivity contribution in [3.8, 4) is 5.75 Å². The smallest absolute Gasteiger partial charge is 0.409 e. The molecule has 1 unspecified atom stereocenters. The molecule has 7 heteroatoms. The molecule has 0 N–H and O–H groups in total. The molecule has 0 aromatic heterocycles. The Hall–Kier alpha value is -1.63. The number of rotatable bonds is 3. The lowest BCUT2D eigenvalue weighted by Crippen LogP contribution is -2.43. The van der Waals surface area contributed by atoms with Crippen molar-refractivity contribution in [3.63, 3.8) is 0 Å². The first-order valence-corrected chi connectivity index (χ1v) is 7.89. The minimum Gasteiger partial charge on any atom is -0.450 e. The summed E-state index contributed by atoms with van der Waals surface area (Å²) in [6, 6.07) is 4.22. The van der Waals surface area contributed by atoms with Gasteiger partial charge in [0.05, 0.1) is 12.5 Å². The van der Waals surface area contributed by atoms with Crippen molar-refractivity contribution >= 4 is 28.0 Å². The van der Waals surface area contributed by atoms with Crippen LogP contribution in [-0.2, 0) is 9.53 Å². The summed E-state index contributed by atoms with van der Waals surface area (Å²) in [6.07, 6.45) is 0.851. The van der Waals surface area contributed by atoms with Crippen molar-refractivity contribution in [1.82, 2.24) is 4.90 Å². The van der Waals surface area contributed by atoms with Crippen molar-refractivity contribution in [2.75, 3.05) is 19.7 Å². The molecule has 1 aromatic rings. The summed E-state index contributed by atoms with van der Waals surface area (Å²) in [7, 11) is 0.